The largest absolute Gasteiger partial charge is 0.336 e. The van der Waals surface area contributed by atoms with Gasteiger partial charge in [0.25, 0.3) is 5.91 Å². The van der Waals surface area contributed by atoms with Crippen LogP contribution in [-0.4, -0.2) is 64.1 Å². The lowest BCUT2D eigenvalue weighted by Gasteiger charge is -2.34. The molecule has 2 heterocycles. The minimum atomic E-state index is -0.0336. The molecule has 0 atom stereocenters. The van der Waals surface area contributed by atoms with E-state index in [1.54, 1.807) is 6.20 Å². The van der Waals surface area contributed by atoms with Gasteiger partial charge in [0.05, 0.1) is 13.1 Å². The molecule has 1 N–H and O–H groups in total. The fourth-order valence-corrected chi connectivity index (χ4v) is 3.55. The Morgan fingerprint density at radius 3 is 2.30 bits per heavy atom. The zero-order chi connectivity index (χ0) is 20.8. The molecule has 1 aliphatic rings. The summed E-state index contributed by atoms with van der Waals surface area (Å²) >= 11 is 0. The first-order chi connectivity index (χ1) is 14.7. The zero-order valence-electron chi connectivity index (χ0n) is 16.8. The lowest BCUT2D eigenvalue weighted by molar-refractivity contribution is -0.117. The summed E-state index contributed by atoms with van der Waals surface area (Å²) in [5, 5.41) is 7.10. The van der Waals surface area contributed by atoms with Crippen molar-refractivity contribution in [2.75, 3.05) is 38.0 Å². The molecular weight excluding hydrogens is 378 g/mol. The highest BCUT2D eigenvalue weighted by atomic mass is 16.2. The molecule has 0 unspecified atom stereocenters. The van der Waals surface area contributed by atoms with E-state index in [4.69, 9.17) is 0 Å². The van der Waals surface area contributed by atoms with Crippen molar-refractivity contribution >= 4 is 17.5 Å². The normalized spacial score (nSPS) is 14.5. The van der Waals surface area contributed by atoms with Gasteiger partial charge in [-0.1, -0.05) is 30.3 Å². The van der Waals surface area contributed by atoms with E-state index < -0.39 is 0 Å². The number of rotatable bonds is 6. The quantitative estimate of drug-likeness (QED) is 0.686. The Morgan fingerprint density at radius 1 is 0.900 bits per heavy atom. The second-order valence-corrected chi connectivity index (χ2v) is 7.38. The van der Waals surface area contributed by atoms with E-state index >= 15 is 0 Å². The van der Waals surface area contributed by atoms with E-state index in [9.17, 15) is 9.59 Å². The molecule has 0 aliphatic carbocycles. The Bertz CT molecular complexity index is 963. The number of carbonyl (C=O) groups is 2. The van der Waals surface area contributed by atoms with Crippen molar-refractivity contribution < 1.29 is 9.59 Å². The van der Waals surface area contributed by atoms with Crippen molar-refractivity contribution in [2.45, 2.75) is 6.54 Å². The van der Waals surface area contributed by atoms with Crippen LogP contribution in [0.1, 0.15) is 15.9 Å². The van der Waals surface area contributed by atoms with Crippen LogP contribution in [0.25, 0.3) is 0 Å². The van der Waals surface area contributed by atoms with E-state index in [2.05, 4.69) is 15.3 Å². The SMILES string of the molecule is O=C(CN1CCN(C(=O)c2ccc(Cn3cccn3)cc2)CC1)Nc1ccccc1. The number of aromatic nitrogens is 2. The number of amides is 2. The molecule has 154 valence electrons. The van der Waals surface area contributed by atoms with Crippen LogP contribution in [0.4, 0.5) is 5.69 Å². The van der Waals surface area contributed by atoms with Crippen molar-refractivity contribution in [3.8, 4) is 0 Å². The summed E-state index contributed by atoms with van der Waals surface area (Å²) in [6.07, 6.45) is 3.67. The summed E-state index contributed by atoms with van der Waals surface area (Å²) < 4.78 is 1.85. The van der Waals surface area contributed by atoms with Crippen LogP contribution >= 0.6 is 0 Å². The minimum Gasteiger partial charge on any atom is -0.336 e. The Kier molecular flexibility index (Phi) is 6.20. The van der Waals surface area contributed by atoms with Gasteiger partial charge in [-0.15, -0.1) is 0 Å². The number of hydrogen-bond donors (Lipinski definition) is 1. The fourth-order valence-electron chi connectivity index (χ4n) is 3.55. The summed E-state index contributed by atoms with van der Waals surface area (Å²) in [7, 11) is 0. The molecule has 0 bridgehead atoms. The Hall–Kier alpha value is -3.45. The van der Waals surface area contributed by atoms with Crippen molar-refractivity contribution in [3.05, 3.63) is 84.2 Å². The molecule has 0 saturated carbocycles. The third-order valence-corrected chi connectivity index (χ3v) is 5.19. The molecule has 4 rings (SSSR count). The number of carbonyl (C=O) groups excluding carboxylic acids is 2. The highest BCUT2D eigenvalue weighted by Crippen LogP contribution is 2.12. The van der Waals surface area contributed by atoms with Crippen molar-refractivity contribution in [1.29, 1.82) is 0 Å². The van der Waals surface area contributed by atoms with Crippen LogP contribution in [0.2, 0.25) is 0 Å². The van der Waals surface area contributed by atoms with Gasteiger partial charge in [0, 0.05) is 49.8 Å². The highest BCUT2D eigenvalue weighted by Gasteiger charge is 2.23. The minimum absolute atomic E-state index is 0.0336. The lowest BCUT2D eigenvalue weighted by atomic mass is 10.1. The number of para-hydroxylation sites is 1. The van der Waals surface area contributed by atoms with Crippen LogP contribution in [0, 0.1) is 0 Å². The van der Waals surface area contributed by atoms with Crippen molar-refractivity contribution in [2.24, 2.45) is 0 Å². The topological polar surface area (TPSA) is 70.5 Å². The predicted molar refractivity (Wildman–Crippen MR) is 115 cm³/mol. The molecule has 1 saturated heterocycles. The summed E-state index contributed by atoms with van der Waals surface area (Å²) in [5.41, 5.74) is 2.59. The number of piperazine rings is 1. The molecule has 1 aromatic heterocycles. The standard InChI is InChI=1S/C23H25N5O2/c29-22(25-21-5-2-1-3-6-21)18-26-13-15-27(16-14-26)23(30)20-9-7-19(8-10-20)17-28-12-4-11-24-28/h1-12H,13-18H2,(H,25,29). The van der Waals surface area contributed by atoms with Crippen molar-refractivity contribution in [3.63, 3.8) is 0 Å². The molecule has 2 amide bonds. The average Bonchev–Trinajstić information content (AvgIpc) is 3.28. The van der Waals surface area contributed by atoms with Crippen LogP contribution < -0.4 is 5.32 Å². The van der Waals surface area contributed by atoms with Gasteiger partial charge in [0.1, 0.15) is 0 Å². The zero-order valence-corrected chi connectivity index (χ0v) is 16.8. The second-order valence-electron chi connectivity index (χ2n) is 7.38. The van der Waals surface area contributed by atoms with Crippen LogP contribution in [0.5, 0.6) is 0 Å². The molecule has 7 nitrogen and oxygen atoms in total. The Labute approximate surface area is 175 Å². The maximum Gasteiger partial charge on any atom is 0.253 e. The average molecular weight is 403 g/mol. The molecule has 0 radical (unpaired) electrons. The number of anilines is 1. The summed E-state index contributed by atoms with van der Waals surface area (Å²) in [5.74, 6) is 0.00257. The highest BCUT2D eigenvalue weighted by molar-refractivity contribution is 5.94. The van der Waals surface area contributed by atoms with Gasteiger partial charge < -0.3 is 10.2 Å². The Balaban J connectivity index is 1.25. The van der Waals surface area contributed by atoms with Gasteiger partial charge >= 0.3 is 0 Å². The molecule has 1 aliphatic heterocycles. The molecule has 0 spiro atoms. The van der Waals surface area contributed by atoms with Crippen LogP contribution in [-0.2, 0) is 11.3 Å². The van der Waals surface area contributed by atoms with Gasteiger partial charge in [0.2, 0.25) is 5.91 Å². The molecular formula is C23H25N5O2. The van der Waals surface area contributed by atoms with Gasteiger partial charge in [-0.05, 0) is 35.9 Å². The van der Waals surface area contributed by atoms with Crippen molar-refractivity contribution in [1.82, 2.24) is 19.6 Å². The fraction of sp³-hybridized carbons (Fsp3) is 0.261. The van der Waals surface area contributed by atoms with E-state index in [0.29, 0.717) is 44.8 Å². The van der Waals surface area contributed by atoms with Gasteiger partial charge in [-0.25, -0.2) is 0 Å². The first kappa shape index (κ1) is 19.8. The van der Waals surface area contributed by atoms with Gasteiger partial charge in [-0.2, -0.15) is 5.10 Å². The maximum atomic E-state index is 12.8. The number of benzene rings is 2. The van der Waals surface area contributed by atoms with Gasteiger partial charge in [-0.3, -0.25) is 19.2 Å². The summed E-state index contributed by atoms with van der Waals surface area (Å²) in [6.45, 7) is 3.62. The van der Waals surface area contributed by atoms with E-state index in [-0.39, 0.29) is 11.8 Å². The first-order valence-electron chi connectivity index (χ1n) is 10.1. The Morgan fingerprint density at radius 2 is 1.63 bits per heavy atom. The van der Waals surface area contributed by atoms with E-state index in [1.165, 1.54) is 0 Å². The monoisotopic (exact) mass is 403 g/mol. The number of hydrogen-bond acceptors (Lipinski definition) is 4. The summed E-state index contributed by atoms with van der Waals surface area (Å²) in [4.78, 5) is 29.0. The van der Waals surface area contributed by atoms with E-state index in [1.807, 2.05) is 76.4 Å². The van der Waals surface area contributed by atoms with Crippen LogP contribution in [0.3, 0.4) is 0 Å². The second kappa shape index (κ2) is 9.37. The van der Waals surface area contributed by atoms with Gasteiger partial charge in [0.15, 0.2) is 0 Å². The van der Waals surface area contributed by atoms with Crippen LogP contribution in [0.15, 0.2) is 73.1 Å². The maximum absolute atomic E-state index is 12.8. The molecule has 2 aromatic carbocycles. The predicted octanol–water partition coefficient (Wildman–Crippen LogP) is 2.33. The third-order valence-electron chi connectivity index (χ3n) is 5.19. The van der Waals surface area contributed by atoms with E-state index in [0.717, 1.165) is 11.3 Å². The number of nitrogens with one attached hydrogen (secondary N) is 1. The summed E-state index contributed by atoms with van der Waals surface area (Å²) in [6, 6.07) is 19.0. The molecule has 1 fully saturated rings. The smallest absolute Gasteiger partial charge is 0.253 e. The number of nitrogens with zero attached hydrogens (tertiary/aromatic N) is 4. The molecule has 3 aromatic rings. The lowest BCUT2D eigenvalue weighted by Crippen LogP contribution is -2.50. The molecule has 7 heteroatoms. The third kappa shape index (κ3) is 5.12. The molecule has 30 heavy (non-hydrogen) atoms. The first-order valence-corrected chi connectivity index (χ1v) is 10.1.